The van der Waals surface area contributed by atoms with Gasteiger partial charge in [0.2, 0.25) is 5.88 Å². The number of rotatable bonds is 4. The number of carboxylic acid groups (broad SMARTS) is 1. The Balaban J connectivity index is 2.48. The average molecular weight is 284 g/mol. The van der Waals surface area contributed by atoms with Gasteiger partial charge in [0.25, 0.3) is 0 Å². The maximum atomic E-state index is 11.0. The highest BCUT2D eigenvalue weighted by molar-refractivity contribution is 5.88. The fourth-order valence-corrected chi connectivity index (χ4v) is 1.69. The Morgan fingerprint density at radius 1 is 1.29 bits per heavy atom. The van der Waals surface area contributed by atoms with E-state index >= 15 is 0 Å². The molecule has 0 spiro atoms. The summed E-state index contributed by atoms with van der Waals surface area (Å²) in [6.45, 7) is 1.76. The first-order chi connectivity index (χ1) is 10.0. The van der Waals surface area contributed by atoms with E-state index in [1.54, 1.807) is 19.1 Å². The molecule has 0 bridgehead atoms. The molecule has 1 aromatic carbocycles. The minimum Gasteiger partial charge on any atom is -0.493 e. The van der Waals surface area contributed by atoms with Crippen LogP contribution in [0.2, 0.25) is 0 Å². The van der Waals surface area contributed by atoms with Crippen molar-refractivity contribution in [2.75, 3.05) is 7.11 Å². The van der Waals surface area contributed by atoms with Crippen LogP contribution in [0, 0.1) is 18.3 Å². The molecule has 0 saturated carbocycles. The van der Waals surface area contributed by atoms with Gasteiger partial charge in [-0.25, -0.2) is 9.78 Å². The number of carbonyl (C=O) groups is 1. The number of hydrogen-bond acceptors (Lipinski definition) is 5. The van der Waals surface area contributed by atoms with Crippen LogP contribution in [-0.2, 0) is 0 Å². The Morgan fingerprint density at radius 2 is 2.05 bits per heavy atom. The smallest absolute Gasteiger partial charge is 0.335 e. The molecule has 0 atom stereocenters. The molecular formula is C15H12N2O4. The van der Waals surface area contributed by atoms with Gasteiger partial charge in [0.1, 0.15) is 11.6 Å². The van der Waals surface area contributed by atoms with Crippen molar-refractivity contribution < 1.29 is 19.4 Å². The Labute approximate surface area is 121 Å². The molecule has 0 unspecified atom stereocenters. The van der Waals surface area contributed by atoms with E-state index in [2.05, 4.69) is 4.98 Å². The maximum Gasteiger partial charge on any atom is 0.335 e. The Kier molecular flexibility index (Phi) is 4.05. The normalized spacial score (nSPS) is 9.76. The van der Waals surface area contributed by atoms with Crippen molar-refractivity contribution in [2.24, 2.45) is 0 Å². The van der Waals surface area contributed by atoms with Crippen molar-refractivity contribution in [1.29, 1.82) is 5.26 Å². The second-order valence-electron chi connectivity index (χ2n) is 4.19. The summed E-state index contributed by atoms with van der Waals surface area (Å²) in [5, 5.41) is 18.1. The summed E-state index contributed by atoms with van der Waals surface area (Å²) in [6, 6.07) is 9.47. The fraction of sp³-hybridized carbons (Fsp3) is 0.133. The number of aryl methyl sites for hydroxylation is 1. The highest BCUT2D eigenvalue weighted by Crippen LogP contribution is 2.33. The van der Waals surface area contributed by atoms with Gasteiger partial charge in [0, 0.05) is 5.69 Å². The van der Waals surface area contributed by atoms with Gasteiger partial charge >= 0.3 is 5.97 Å². The maximum absolute atomic E-state index is 11.0. The third-order valence-electron chi connectivity index (χ3n) is 2.74. The molecule has 106 valence electrons. The van der Waals surface area contributed by atoms with Crippen LogP contribution in [0.5, 0.6) is 17.4 Å². The van der Waals surface area contributed by atoms with Crippen molar-refractivity contribution >= 4 is 5.97 Å². The van der Waals surface area contributed by atoms with Gasteiger partial charge in [-0.15, -0.1) is 0 Å². The summed E-state index contributed by atoms with van der Waals surface area (Å²) < 4.78 is 10.7. The summed E-state index contributed by atoms with van der Waals surface area (Å²) in [5.74, 6) is -0.433. The highest BCUT2D eigenvalue weighted by Gasteiger charge is 2.14. The van der Waals surface area contributed by atoms with Gasteiger partial charge < -0.3 is 14.6 Å². The number of benzene rings is 1. The van der Waals surface area contributed by atoms with E-state index in [0.717, 1.165) is 0 Å². The van der Waals surface area contributed by atoms with E-state index in [1.807, 2.05) is 6.07 Å². The second kappa shape index (κ2) is 5.92. The molecular weight excluding hydrogens is 272 g/mol. The molecule has 0 aliphatic rings. The number of nitrogens with zero attached hydrogens (tertiary/aromatic N) is 2. The zero-order chi connectivity index (χ0) is 15.4. The minimum atomic E-state index is -1.08. The van der Waals surface area contributed by atoms with Crippen LogP contribution < -0.4 is 9.47 Å². The lowest BCUT2D eigenvalue weighted by Crippen LogP contribution is -2.00. The molecule has 0 radical (unpaired) electrons. The van der Waals surface area contributed by atoms with Crippen LogP contribution in [0.25, 0.3) is 0 Å². The van der Waals surface area contributed by atoms with Gasteiger partial charge in [-0.1, -0.05) is 0 Å². The summed E-state index contributed by atoms with van der Waals surface area (Å²) in [6.07, 6.45) is 0. The molecule has 6 heteroatoms. The molecule has 0 fully saturated rings. The standard InChI is InChI=1S/C15H12N2O4/c1-9-3-4-11(8-16)14(17-9)21-13-7-10(15(18)19)5-6-12(13)20-2/h3-7H,1-2H3,(H,18,19). The highest BCUT2D eigenvalue weighted by atomic mass is 16.5. The lowest BCUT2D eigenvalue weighted by molar-refractivity contribution is 0.0696. The van der Waals surface area contributed by atoms with Crippen LogP contribution in [0.15, 0.2) is 30.3 Å². The number of pyridine rings is 1. The van der Waals surface area contributed by atoms with Crippen molar-refractivity contribution in [2.45, 2.75) is 6.92 Å². The quantitative estimate of drug-likeness (QED) is 0.928. The van der Waals surface area contributed by atoms with Crippen molar-refractivity contribution in [1.82, 2.24) is 4.98 Å². The first-order valence-electron chi connectivity index (χ1n) is 6.02. The largest absolute Gasteiger partial charge is 0.493 e. The van der Waals surface area contributed by atoms with E-state index < -0.39 is 5.97 Å². The summed E-state index contributed by atoms with van der Waals surface area (Å²) in [4.78, 5) is 15.2. The monoisotopic (exact) mass is 284 g/mol. The molecule has 0 saturated heterocycles. The van der Waals surface area contributed by atoms with Crippen LogP contribution in [0.4, 0.5) is 0 Å². The van der Waals surface area contributed by atoms with Gasteiger partial charge in [0.05, 0.1) is 12.7 Å². The number of aromatic nitrogens is 1. The lowest BCUT2D eigenvalue weighted by Gasteiger charge is -2.11. The zero-order valence-electron chi connectivity index (χ0n) is 11.5. The van der Waals surface area contributed by atoms with E-state index in [4.69, 9.17) is 19.8 Å². The molecule has 6 nitrogen and oxygen atoms in total. The summed E-state index contributed by atoms with van der Waals surface area (Å²) in [7, 11) is 1.44. The Hall–Kier alpha value is -3.07. The molecule has 1 N–H and O–H groups in total. The van der Waals surface area contributed by atoms with Crippen molar-refractivity contribution in [3.63, 3.8) is 0 Å². The number of nitriles is 1. The fourth-order valence-electron chi connectivity index (χ4n) is 1.69. The third-order valence-corrected chi connectivity index (χ3v) is 2.74. The molecule has 0 amide bonds. The Morgan fingerprint density at radius 3 is 2.67 bits per heavy atom. The number of hydrogen-bond donors (Lipinski definition) is 1. The van der Waals surface area contributed by atoms with E-state index in [1.165, 1.54) is 25.3 Å². The van der Waals surface area contributed by atoms with Crippen LogP contribution in [-0.4, -0.2) is 23.2 Å². The van der Waals surface area contributed by atoms with Crippen molar-refractivity contribution in [3.05, 3.63) is 47.2 Å². The molecule has 2 rings (SSSR count). The first-order valence-corrected chi connectivity index (χ1v) is 6.02. The van der Waals surface area contributed by atoms with E-state index in [-0.39, 0.29) is 22.8 Å². The van der Waals surface area contributed by atoms with Gasteiger partial charge in [0.15, 0.2) is 11.5 Å². The van der Waals surface area contributed by atoms with E-state index in [0.29, 0.717) is 11.4 Å². The molecule has 2 aromatic rings. The summed E-state index contributed by atoms with van der Waals surface area (Å²) >= 11 is 0. The van der Waals surface area contributed by atoms with Gasteiger partial charge in [-0.05, 0) is 37.3 Å². The van der Waals surface area contributed by atoms with Crippen LogP contribution in [0.1, 0.15) is 21.6 Å². The molecule has 1 heterocycles. The number of aromatic carboxylic acids is 1. The Bertz CT molecular complexity index is 735. The summed E-state index contributed by atoms with van der Waals surface area (Å²) in [5.41, 5.74) is 0.984. The molecule has 0 aliphatic carbocycles. The van der Waals surface area contributed by atoms with Gasteiger partial charge in [-0.3, -0.25) is 0 Å². The zero-order valence-corrected chi connectivity index (χ0v) is 11.5. The topological polar surface area (TPSA) is 92.4 Å². The number of ether oxygens (including phenoxy) is 2. The van der Waals surface area contributed by atoms with E-state index in [9.17, 15) is 4.79 Å². The molecule has 0 aliphatic heterocycles. The molecule has 1 aromatic heterocycles. The number of methoxy groups -OCH3 is 1. The second-order valence-corrected chi connectivity index (χ2v) is 4.19. The first kappa shape index (κ1) is 14.3. The van der Waals surface area contributed by atoms with Crippen molar-refractivity contribution in [3.8, 4) is 23.4 Å². The molecule has 21 heavy (non-hydrogen) atoms. The SMILES string of the molecule is COc1ccc(C(=O)O)cc1Oc1nc(C)ccc1C#N. The van der Waals surface area contributed by atoms with Crippen LogP contribution >= 0.6 is 0 Å². The average Bonchev–Trinajstić information content (AvgIpc) is 2.47. The number of carboxylic acids is 1. The van der Waals surface area contributed by atoms with Crippen LogP contribution in [0.3, 0.4) is 0 Å². The predicted molar refractivity (Wildman–Crippen MR) is 73.7 cm³/mol. The third kappa shape index (κ3) is 3.09. The van der Waals surface area contributed by atoms with Gasteiger partial charge in [-0.2, -0.15) is 5.26 Å². The minimum absolute atomic E-state index is 0.0527. The predicted octanol–water partition coefficient (Wildman–Crippen LogP) is 2.76. The lowest BCUT2D eigenvalue weighted by atomic mass is 10.2.